The highest BCUT2D eigenvalue weighted by Gasteiger charge is 2.34. The molecule has 1 N–H and O–H groups in total. The minimum atomic E-state index is -0.250. The van der Waals surface area contributed by atoms with Gasteiger partial charge in [0.05, 0.1) is 5.92 Å². The molecule has 1 aliphatic heterocycles. The first-order valence-corrected chi connectivity index (χ1v) is 9.31. The van der Waals surface area contributed by atoms with E-state index in [9.17, 15) is 9.59 Å². The minimum Gasteiger partial charge on any atom is -0.355 e. The van der Waals surface area contributed by atoms with Gasteiger partial charge in [0.2, 0.25) is 11.8 Å². The van der Waals surface area contributed by atoms with Crippen molar-refractivity contribution in [1.29, 1.82) is 0 Å². The largest absolute Gasteiger partial charge is 0.355 e. The Morgan fingerprint density at radius 3 is 2.42 bits per heavy atom. The Hall–Kier alpha value is -2.62. The summed E-state index contributed by atoms with van der Waals surface area (Å²) in [7, 11) is 0. The first-order chi connectivity index (χ1) is 12.7. The quantitative estimate of drug-likeness (QED) is 0.832. The lowest BCUT2D eigenvalue weighted by molar-refractivity contribution is -0.129. The zero-order chi connectivity index (χ0) is 18.4. The molecule has 26 heavy (non-hydrogen) atoms. The number of nitrogens with zero attached hydrogens (tertiary/aromatic N) is 1. The van der Waals surface area contributed by atoms with Gasteiger partial charge in [-0.25, -0.2) is 0 Å². The summed E-state index contributed by atoms with van der Waals surface area (Å²) in [6.45, 7) is 3.82. The van der Waals surface area contributed by atoms with Gasteiger partial charge in [-0.1, -0.05) is 67.6 Å². The fraction of sp³-hybridized carbons (Fsp3) is 0.364. The third-order valence-corrected chi connectivity index (χ3v) is 5.09. The number of rotatable bonds is 7. The lowest BCUT2D eigenvalue weighted by atomic mass is 9.96. The van der Waals surface area contributed by atoms with Crippen LogP contribution in [0, 0.1) is 5.92 Å². The zero-order valence-corrected chi connectivity index (χ0v) is 15.2. The van der Waals surface area contributed by atoms with E-state index in [0.717, 1.165) is 12.0 Å². The molecule has 2 atom stereocenters. The van der Waals surface area contributed by atoms with Gasteiger partial charge in [0.25, 0.3) is 0 Å². The fourth-order valence-corrected chi connectivity index (χ4v) is 3.50. The van der Waals surface area contributed by atoms with Gasteiger partial charge in [-0.05, 0) is 17.5 Å². The van der Waals surface area contributed by atoms with E-state index in [1.54, 1.807) is 4.90 Å². The van der Waals surface area contributed by atoms with Crippen molar-refractivity contribution in [2.24, 2.45) is 5.92 Å². The van der Waals surface area contributed by atoms with Gasteiger partial charge in [-0.2, -0.15) is 0 Å². The molecule has 2 amide bonds. The predicted octanol–water partition coefficient (Wildman–Crippen LogP) is 3.35. The molecule has 1 fully saturated rings. The van der Waals surface area contributed by atoms with E-state index in [4.69, 9.17) is 0 Å². The van der Waals surface area contributed by atoms with E-state index in [1.807, 2.05) is 48.5 Å². The second kappa shape index (κ2) is 8.65. The van der Waals surface area contributed by atoms with E-state index < -0.39 is 0 Å². The smallest absolute Gasteiger partial charge is 0.225 e. The predicted molar refractivity (Wildman–Crippen MR) is 102 cm³/mol. The maximum atomic E-state index is 12.6. The van der Waals surface area contributed by atoms with E-state index in [0.29, 0.717) is 32.0 Å². The number of carbonyl (C=O) groups is 2. The van der Waals surface area contributed by atoms with Crippen LogP contribution in [-0.4, -0.2) is 29.8 Å². The van der Waals surface area contributed by atoms with Crippen molar-refractivity contribution in [3.05, 3.63) is 71.8 Å². The lowest BCUT2D eigenvalue weighted by Gasteiger charge is -2.19. The van der Waals surface area contributed by atoms with Crippen molar-refractivity contribution in [3.63, 3.8) is 0 Å². The second-order valence-corrected chi connectivity index (χ2v) is 6.92. The van der Waals surface area contributed by atoms with Crippen LogP contribution in [0.25, 0.3) is 0 Å². The number of nitrogens with one attached hydrogen (secondary N) is 1. The highest BCUT2D eigenvalue weighted by Crippen LogP contribution is 2.22. The lowest BCUT2D eigenvalue weighted by Crippen LogP contribution is -2.35. The first-order valence-electron chi connectivity index (χ1n) is 9.31. The van der Waals surface area contributed by atoms with Gasteiger partial charge in [0, 0.05) is 32.0 Å². The molecule has 2 aromatic carbocycles. The monoisotopic (exact) mass is 350 g/mol. The Morgan fingerprint density at radius 2 is 1.77 bits per heavy atom. The molecule has 0 spiro atoms. The summed E-state index contributed by atoms with van der Waals surface area (Å²) in [4.78, 5) is 26.6. The van der Waals surface area contributed by atoms with E-state index >= 15 is 0 Å². The van der Waals surface area contributed by atoms with E-state index in [2.05, 4.69) is 24.4 Å². The van der Waals surface area contributed by atoms with Crippen molar-refractivity contribution in [3.8, 4) is 0 Å². The average molecular weight is 350 g/mol. The van der Waals surface area contributed by atoms with Crippen LogP contribution in [0.1, 0.15) is 36.8 Å². The molecule has 2 unspecified atom stereocenters. The number of likely N-dealkylation sites (tertiary alicyclic amines) is 1. The SMILES string of the molecule is CCC(CNC(=O)C1CC(=O)N(Cc2ccccc2)C1)c1ccccc1. The summed E-state index contributed by atoms with van der Waals surface area (Å²) in [5, 5.41) is 3.06. The van der Waals surface area contributed by atoms with Crippen LogP contribution >= 0.6 is 0 Å². The molecule has 0 saturated carbocycles. The van der Waals surface area contributed by atoms with Crippen LogP contribution in [0.5, 0.6) is 0 Å². The molecule has 1 aliphatic rings. The molecule has 136 valence electrons. The molecule has 2 aromatic rings. The zero-order valence-electron chi connectivity index (χ0n) is 15.2. The summed E-state index contributed by atoms with van der Waals surface area (Å²) < 4.78 is 0. The highest BCUT2D eigenvalue weighted by atomic mass is 16.2. The van der Waals surface area contributed by atoms with Crippen molar-refractivity contribution in [1.82, 2.24) is 10.2 Å². The number of hydrogen-bond acceptors (Lipinski definition) is 2. The summed E-state index contributed by atoms with van der Waals surface area (Å²) in [5.41, 5.74) is 2.33. The molecular weight excluding hydrogens is 324 g/mol. The van der Waals surface area contributed by atoms with Gasteiger partial charge in [-0.15, -0.1) is 0 Å². The number of amides is 2. The molecule has 0 bridgehead atoms. The Balaban J connectivity index is 1.53. The highest BCUT2D eigenvalue weighted by molar-refractivity contribution is 5.89. The van der Waals surface area contributed by atoms with Crippen LogP contribution in [0.4, 0.5) is 0 Å². The summed E-state index contributed by atoms with van der Waals surface area (Å²) >= 11 is 0. The normalized spacial score (nSPS) is 18.0. The number of benzene rings is 2. The molecule has 0 radical (unpaired) electrons. The average Bonchev–Trinajstić information content (AvgIpc) is 3.04. The first kappa shape index (κ1) is 18.2. The van der Waals surface area contributed by atoms with E-state index in [-0.39, 0.29) is 17.7 Å². The summed E-state index contributed by atoms with van der Waals surface area (Å²) in [6.07, 6.45) is 1.27. The van der Waals surface area contributed by atoms with Crippen molar-refractivity contribution in [2.45, 2.75) is 32.2 Å². The molecule has 4 nitrogen and oxygen atoms in total. The van der Waals surface area contributed by atoms with E-state index in [1.165, 1.54) is 5.56 Å². The molecule has 0 aliphatic carbocycles. The topological polar surface area (TPSA) is 49.4 Å². The third kappa shape index (κ3) is 4.51. The Morgan fingerprint density at radius 1 is 1.12 bits per heavy atom. The van der Waals surface area contributed by atoms with Gasteiger partial charge < -0.3 is 10.2 Å². The Kier molecular flexibility index (Phi) is 6.05. The number of carbonyl (C=O) groups excluding carboxylic acids is 2. The standard InChI is InChI=1S/C22H26N2O2/c1-2-18(19-11-7-4-8-12-19)14-23-22(26)20-13-21(25)24(16-20)15-17-9-5-3-6-10-17/h3-12,18,20H,2,13-16H2,1H3,(H,23,26). The summed E-state index contributed by atoms with van der Waals surface area (Å²) in [5.74, 6) is 0.101. The second-order valence-electron chi connectivity index (χ2n) is 6.92. The third-order valence-electron chi connectivity index (χ3n) is 5.09. The van der Waals surface area contributed by atoms with Crippen molar-refractivity contribution in [2.75, 3.05) is 13.1 Å². The van der Waals surface area contributed by atoms with Gasteiger partial charge in [0.1, 0.15) is 0 Å². The molecule has 0 aromatic heterocycles. The van der Waals surface area contributed by atoms with Crippen molar-refractivity contribution < 1.29 is 9.59 Å². The molecule has 1 saturated heterocycles. The molecular formula is C22H26N2O2. The van der Waals surface area contributed by atoms with Crippen molar-refractivity contribution >= 4 is 11.8 Å². The number of hydrogen-bond donors (Lipinski definition) is 1. The van der Waals surface area contributed by atoms with Gasteiger partial charge >= 0.3 is 0 Å². The molecule has 1 heterocycles. The van der Waals surface area contributed by atoms with Gasteiger partial charge in [-0.3, -0.25) is 9.59 Å². The van der Waals surface area contributed by atoms with Crippen LogP contribution < -0.4 is 5.32 Å². The molecule has 4 heteroatoms. The molecule has 3 rings (SSSR count). The van der Waals surface area contributed by atoms with Crippen LogP contribution in [-0.2, 0) is 16.1 Å². The van der Waals surface area contributed by atoms with Crippen LogP contribution in [0.2, 0.25) is 0 Å². The minimum absolute atomic E-state index is 0.0108. The Bertz CT molecular complexity index is 730. The fourth-order valence-electron chi connectivity index (χ4n) is 3.50. The van der Waals surface area contributed by atoms with Gasteiger partial charge in [0.15, 0.2) is 0 Å². The maximum Gasteiger partial charge on any atom is 0.225 e. The summed E-state index contributed by atoms with van der Waals surface area (Å²) in [6, 6.07) is 20.2. The maximum absolute atomic E-state index is 12.6. The van der Waals surface area contributed by atoms with Crippen LogP contribution in [0.3, 0.4) is 0 Å². The van der Waals surface area contributed by atoms with Crippen LogP contribution in [0.15, 0.2) is 60.7 Å². The Labute approximate surface area is 155 Å².